The van der Waals surface area contributed by atoms with Crippen LogP contribution in [0.4, 0.5) is 0 Å². The zero-order valence-corrected chi connectivity index (χ0v) is 15.5. The summed E-state index contributed by atoms with van der Waals surface area (Å²) >= 11 is 0. The molecule has 0 saturated carbocycles. The molecule has 2 unspecified atom stereocenters. The first-order valence-electron chi connectivity index (χ1n) is 9.51. The van der Waals surface area contributed by atoms with Gasteiger partial charge in [-0.3, -0.25) is 0 Å². The zero-order chi connectivity index (χ0) is 16.6. The molecular formula is C19H41NaO3. The minimum atomic E-state index is -0.493. The van der Waals surface area contributed by atoms with E-state index in [1.807, 2.05) is 0 Å². The summed E-state index contributed by atoms with van der Waals surface area (Å²) in [5.74, 6) is 1.26. The van der Waals surface area contributed by atoms with Crippen molar-refractivity contribution in [2.75, 3.05) is 26.4 Å². The van der Waals surface area contributed by atoms with Crippen molar-refractivity contribution in [3.05, 3.63) is 0 Å². The Labute approximate surface area is 167 Å². The first-order valence-corrected chi connectivity index (χ1v) is 9.51. The van der Waals surface area contributed by atoms with Gasteiger partial charge in [0.15, 0.2) is 0 Å². The molecule has 0 aliphatic heterocycles. The molecule has 4 heteroatoms. The molecule has 2 atom stereocenters. The van der Waals surface area contributed by atoms with E-state index in [2.05, 4.69) is 27.7 Å². The Hall–Kier alpha value is 0.880. The number of hydrogen-bond donors (Lipinski definition) is 1. The monoisotopic (exact) mass is 340 g/mol. The van der Waals surface area contributed by atoms with Gasteiger partial charge in [-0.1, -0.05) is 66.2 Å². The molecule has 23 heavy (non-hydrogen) atoms. The van der Waals surface area contributed by atoms with Gasteiger partial charge in [0.05, 0.1) is 13.2 Å². The third kappa shape index (κ3) is 16.1. The summed E-state index contributed by atoms with van der Waals surface area (Å²) in [5, 5.41) is 9.92. The third-order valence-electron chi connectivity index (χ3n) is 4.41. The van der Waals surface area contributed by atoms with Crippen molar-refractivity contribution in [3.8, 4) is 0 Å². The Bertz CT molecular complexity index is 205. The van der Waals surface area contributed by atoms with Crippen LogP contribution in [0.5, 0.6) is 0 Å². The van der Waals surface area contributed by atoms with E-state index in [9.17, 15) is 5.11 Å². The number of aliphatic hydroxyl groups excluding tert-OH is 1. The van der Waals surface area contributed by atoms with Gasteiger partial charge in [0.1, 0.15) is 6.10 Å². The normalized spacial score (nSPS) is 15.0. The van der Waals surface area contributed by atoms with Gasteiger partial charge >= 0.3 is 29.6 Å². The van der Waals surface area contributed by atoms with Gasteiger partial charge < -0.3 is 14.6 Å². The van der Waals surface area contributed by atoms with E-state index in [4.69, 9.17) is 9.47 Å². The molecule has 0 spiro atoms. The van der Waals surface area contributed by atoms with E-state index in [0.717, 1.165) is 26.1 Å². The Morgan fingerprint density at radius 3 is 1.39 bits per heavy atom. The second-order valence-corrected chi connectivity index (χ2v) is 6.56. The fourth-order valence-corrected chi connectivity index (χ4v) is 2.59. The molecule has 0 fully saturated rings. The van der Waals surface area contributed by atoms with E-state index in [-0.39, 0.29) is 29.6 Å². The van der Waals surface area contributed by atoms with Crippen LogP contribution in [0, 0.1) is 11.8 Å². The van der Waals surface area contributed by atoms with Crippen molar-refractivity contribution in [2.24, 2.45) is 11.8 Å². The molecule has 0 aromatic heterocycles. The number of hydrogen-bond acceptors (Lipinski definition) is 3. The Morgan fingerprint density at radius 1 is 0.696 bits per heavy atom. The van der Waals surface area contributed by atoms with Crippen LogP contribution in [-0.4, -0.2) is 67.2 Å². The van der Waals surface area contributed by atoms with E-state index in [1.165, 1.54) is 38.5 Å². The van der Waals surface area contributed by atoms with E-state index < -0.39 is 6.10 Å². The van der Waals surface area contributed by atoms with Crippen LogP contribution in [0.15, 0.2) is 0 Å². The van der Waals surface area contributed by atoms with Crippen molar-refractivity contribution >= 4 is 29.6 Å². The van der Waals surface area contributed by atoms with Gasteiger partial charge in [0.2, 0.25) is 0 Å². The zero-order valence-electron chi connectivity index (χ0n) is 15.5. The van der Waals surface area contributed by atoms with Gasteiger partial charge in [0.25, 0.3) is 0 Å². The first kappa shape index (κ1) is 26.1. The summed E-state index contributed by atoms with van der Waals surface area (Å²) in [6.07, 6.45) is 9.29. The Kier molecular flexibility index (Phi) is 21.8. The van der Waals surface area contributed by atoms with Crippen LogP contribution < -0.4 is 0 Å². The summed E-state index contributed by atoms with van der Waals surface area (Å²) < 4.78 is 11.3. The molecule has 0 bridgehead atoms. The third-order valence-corrected chi connectivity index (χ3v) is 4.41. The number of ether oxygens (including phenoxy) is 2. The standard InChI is InChI=1S/C19H40O3.Na.H/c1-5-9-11-17(7-3)13-21-15-19(20)16-22-14-18(8-4)12-10-6-2;;/h17-20H,5-16H2,1-4H3;;. The SMILES string of the molecule is CCCCC(CC)COCC(O)COCC(CC)CCCC.[NaH]. The maximum atomic E-state index is 9.92. The average Bonchev–Trinajstić information content (AvgIpc) is 2.53. The van der Waals surface area contributed by atoms with Crippen molar-refractivity contribution in [1.29, 1.82) is 0 Å². The molecule has 0 rings (SSSR count). The van der Waals surface area contributed by atoms with Crippen LogP contribution in [0.2, 0.25) is 0 Å². The maximum absolute atomic E-state index is 9.92. The van der Waals surface area contributed by atoms with Crippen molar-refractivity contribution in [1.82, 2.24) is 0 Å². The summed E-state index contributed by atoms with van der Waals surface area (Å²) in [6.45, 7) is 11.2. The van der Waals surface area contributed by atoms with Crippen molar-refractivity contribution in [2.45, 2.75) is 85.2 Å². The van der Waals surface area contributed by atoms with Gasteiger partial charge in [0, 0.05) is 13.2 Å². The van der Waals surface area contributed by atoms with Crippen LogP contribution >= 0.6 is 0 Å². The Morgan fingerprint density at radius 2 is 1.09 bits per heavy atom. The summed E-state index contributed by atoms with van der Waals surface area (Å²) in [4.78, 5) is 0. The van der Waals surface area contributed by atoms with Gasteiger partial charge in [-0.15, -0.1) is 0 Å². The molecule has 1 N–H and O–H groups in total. The molecule has 0 aliphatic carbocycles. The first-order chi connectivity index (χ1) is 10.7. The van der Waals surface area contributed by atoms with Crippen LogP contribution in [0.1, 0.15) is 79.1 Å². The summed E-state index contributed by atoms with van der Waals surface area (Å²) in [5.41, 5.74) is 0. The van der Waals surface area contributed by atoms with Gasteiger partial charge in [-0.25, -0.2) is 0 Å². The number of rotatable bonds is 16. The molecule has 0 heterocycles. The van der Waals surface area contributed by atoms with Crippen molar-refractivity contribution in [3.63, 3.8) is 0 Å². The second-order valence-electron chi connectivity index (χ2n) is 6.56. The number of unbranched alkanes of at least 4 members (excludes halogenated alkanes) is 2. The van der Waals surface area contributed by atoms with E-state index in [1.54, 1.807) is 0 Å². The van der Waals surface area contributed by atoms with Crippen molar-refractivity contribution < 1.29 is 14.6 Å². The summed E-state index contributed by atoms with van der Waals surface area (Å²) in [7, 11) is 0. The van der Waals surface area contributed by atoms with E-state index in [0.29, 0.717) is 25.0 Å². The molecule has 0 aromatic carbocycles. The molecule has 0 saturated heterocycles. The fourth-order valence-electron chi connectivity index (χ4n) is 2.59. The predicted octanol–water partition coefficient (Wildman–Crippen LogP) is 4.16. The average molecular weight is 341 g/mol. The molecule has 0 aromatic rings. The second kappa shape index (κ2) is 19.2. The fraction of sp³-hybridized carbons (Fsp3) is 1.00. The van der Waals surface area contributed by atoms with Crippen LogP contribution in [-0.2, 0) is 9.47 Å². The molecular weight excluding hydrogens is 299 g/mol. The van der Waals surface area contributed by atoms with Crippen LogP contribution in [0.3, 0.4) is 0 Å². The molecule has 0 aliphatic rings. The quantitative estimate of drug-likeness (QED) is 0.429. The molecule has 3 nitrogen and oxygen atoms in total. The number of aliphatic hydroxyl groups is 1. The van der Waals surface area contributed by atoms with E-state index >= 15 is 0 Å². The van der Waals surface area contributed by atoms with Gasteiger partial charge in [-0.2, -0.15) is 0 Å². The summed E-state index contributed by atoms with van der Waals surface area (Å²) in [6, 6.07) is 0. The predicted molar refractivity (Wildman–Crippen MR) is 101 cm³/mol. The van der Waals surface area contributed by atoms with Gasteiger partial charge in [-0.05, 0) is 24.7 Å². The molecule has 136 valence electrons. The minimum absolute atomic E-state index is 0. The molecule has 0 radical (unpaired) electrons. The molecule has 0 amide bonds. The van der Waals surface area contributed by atoms with Crippen LogP contribution in [0.25, 0.3) is 0 Å². The Balaban J connectivity index is 0. The topological polar surface area (TPSA) is 38.7 Å².